The number of aromatic nitrogens is 4. The van der Waals surface area contributed by atoms with Gasteiger partial charge < -0.3 is 14.4 Å². The molecule has 0 aliphatic heterocycles. The van der Waals surface area contributed by atoms with Gasteiger partial charge in [-0.3, -0.25) is 24.5 Å². The van der Waals surface area contributed by atoms with Gasteiger partial charge in [0.1, 0.15) is 0 Å². The van der Waals surface area contributed by atoms with Crippen LogP contribution in [0.1, 0.15) is 19.4 Å². The van der Waals surface area contributed by atoms with Crippen LogP contribution >= 0.6 is 0 Å². The monoisotopic (exact) mass is 445 g/mol. The summed E-state index contributed by atoms with van der Waals surface area (Å²) in [4.78, 5) is 41.1. The van der Waals surface area contributed by atoms with E-state index in [1.54, 1.807) is 0 Å². The molecule has 0 saturated heterocycles. The average Bonchev–Trinajstić information content (AvgIpc) is 3.09. The van der Waals surface area contributed by atoms with Crippen molar-refractivity contribution < 1.29 is 14.8 Å². The van der Waals surface area contributed by atoms with Crippen molar-refractivity contribution in [1.82, 2.24) is 19.1 Å². The lowest BCUT2D eigenvalue weighted by molar-refractivity contribution is -0.384. The second kappa shape index (κ2) is 9.53. The molecule has 170 valence electrons. The molecular weight excluding hydrogens is 422 g/mol. The van der Waals surface area contributed by atoms with E-state index in [4.69, 9.17) is 4.74 Å². The van der Waals surface area contributed by atoms with Gasteiger partial charge in [0.2, 0.25) is 5.95 Å². The van der Waals surface area contributed by atoms with E-state index in [9.17, 15) is 24.8 Å². The first-order valence-corrected chi connectivity index (χ1v) is 9.70. The first-order valence-electron chi connectivity index (χ1n) is 9.70. The normalized spacial score (nSPS) is 12.7. The van der Waals surface area contributed by atoms with Gasteiger partial charge in [0, 0.05) is 19.2 Å². The Kier molecular flexibility index (Phi) is 6.80. The second-order valence-electron chi connectivity index (χ2n) is 7.29. The van der Waals surface area contributed by atoms with Crippen LogP contribution in [0.3, 0.4) is 0 Å². The summed E-state index contributed by atoms with van der Waals surface area (Å²) in [6, 6.07) is 5.73. The van der Waals surface area contributed by atoms with Gasteiger partial charge in [0.05, 0.1) is 36.5 Å². The number of anilines is 1. The quantitative estimate of drug-likeness (QED) is 0.244. The number of hydrogen-bond acceptors (Lipinski definition) is 9. The van der Waals surface area contributed by atoms with E-state index in [0.29, 0.717) is 5.56 Å². The van der Waals surface area contributed by atoms with Crippen molar-refractivity contribution in [2.45, 2.75) is 32.6 Å². The predicted molar refractivity (Wildman–Crippen MR) is 117 cm³/mol. The highest BCUT2D eigenvalue weighted by molar-refractivity contribution is 5.81. The smallest absolute Gasteiger partial charge is 0.329 e. The van der Waals surface area contributed by atoms with Crippen molar-refractivity contribution in [3.63, 3.8) is 0 Å². The SMILES string of the molecule is CC(C)OC[C@H](O)Cn1c(N/N=C/c2ccc([N+](=O)[O-])cc2)nc2c1c(=O)[nH]c(=O)n2C. The molecule has 0 saturated carbocycles. The van der Waals surface area contributed by atoms with Crippen LogP contribution in [0.5, 0.6) is 0 Å². The molecule has 3 aromatic rings. The standard InChI is InChI=1S/C19H23N7O6/c1-11(2)32-10-14(27)9-25-15-16(24(3)19(29)22-17(15)28)21-18(25)23-20-8-12-4-6-13(7-5-12)26(30)31/h4-8,11,14,27H,9-10H2,1-3H3,(H,21,23)(H,22,28,29)/b20-8+/t14-/m1/s1. The maximum absolute atomic E-state index is 12.5. The molecular formula is C19H23N7O6. The van der Waals surface area contributed by atoms with Gasteiger partial charge >= 0.3 is 5.69 Å². The number of nitrogens with one attached hydrogen (secondary N) is 2. The van der Waals surface area contributed by atoms with Crippen LogP contribution in [-0.4, -0.2) is 54.2 Å². The number of aliphatic hydroxyl groups is 1. The number of benzene rings is 1. The summed E-state index contributed by atoms with van der Waals surface area (Å²) in [5.74, 6) is 0.119. The third kappa shape index (κ3) is 5.07. The van der Waals surface area contributed by atoms with Crippen molar-refractivity contribution in [1.29, 1.82) is 0 Å². The van der Waals surface area contributed by atoms with Crippen molar-refractivity contribution in [3.05, 3.63) is 60.8 Å². The van der Waals surface area contributed by atoms with E-state index >= 15 is 0 Å². The minimum Gasteiger partial charge on any atom is -0.389 e. The lowest BCUT2D eigenvalue weighted by Gasteiger charge is -2.15. The number of rotatable bonds is 9. The van der Waals surface area contributed by atoms with Crippen molar-refractivity contribution in [2.24, 2.45) is 12.1 Å². The summed E-state index contributed by atoms with van der Waals surface area (Å²) in [5.41, 5.74) is 2.16. The van der Waals surface area contributed by atoms with E-state index in [-0.39, 0.29) is 42.1 Å². The zero-order chi connectivity index (χ0) is 23.4. The largest absolute Gasteiger partial charge is 0.389 e. The average molecular weight is 445 g/mol. The molecule has 0 radical (unpaired) electrons. The molecule has 1 atom stereocenters. The van der Waals surface area contributed by atoms with Crippen LogP contribution in [0.4, 0.5) is 11.6 Å². The van der Waals surface area contributed by atoms with Crippen LogP contribution in [0.25, 0.3) is 11.2 Å². The number of aryl methyl sites for hydroxylation is 1. The van der Waals surface area contributed by atoms with Gasteiger partial charge in [-0.05, 0) is 31.5 Å². The topological polar surface area (TPSA) is 170 Å². The van der Waals surface area contributed by atoms with Gasteiger partial charge in [0.15, 0.2) is 11.2 Å². The number of fused-ring (bicyclic) bond motifs is 1. The minimum atomic E-state index is -0.953. The molecule has 2 aromatic heterocycles. The minimum absolute atomic E-state index is 0.0342. The molecule has 0 aliphatic rings. The molecule has 1 aromatic carbocycles. The summed E-state index contributed by atoms with van der Waals surface area (Å²) < 4.78 is 8.01. The number of non-ortho nitro benzene ring substituents is 1. The summed E-state index contributed by atoms with van der Waals surface area (Å²) in [5, 5.41) is 25.2. The molecule has 0 aliphatic carbocycles. The molecule has 0 bridgehead atoms. The van der Waals surface area contributed by atoms with E-state index in [1.807, 2.05) is 13.8 Å². The summed E-state index contributed by atoms with van der Waals surface area (Å²) >= 11 is 0. The molecule has 32 heavy (non-hydrogen) atoms. The van der Waals surface area contributed by atoms with Crippen LogP contribution in [0, 0.1) is 10.1 Å². The molecule has 0 amide bonds. The Morgan fingerprint density at radius 1 is 1.34 bits per heavy atom. The number of nitrogens with zero attached hydrogens (tertiary/aromatic N) is 5. The Balaban J connectivity index is 1.93. The third-order valence-electron chi connectivity index (χ3n) is 4.50. The van der Waals surface area contributed by atoms with Crippen molar-refractivity contribution in [2.75, 3.05) is 12.0 Å². The maximum Gasteiger partial charge on any atom is 0.329 e. The van der Waals surface area contributed by atoms with Crippen molar-refractivity contribution in [3.8, 4) is 0 Å². The van der Waals surface area contributed by atoms with Gasteiger partial charge in [0.25, 0.3) is 11.2 Å². The number of imidazole rings is 1. The van der Waals surface area contributed by atoms with Crippen LogP contribution in [0.2, 0.25) is 0 Å². The number of aromatic amines is 1. The number of H-pyrrole nitrogens is 1. The second-order valence-corrected chi connectivity index (χ2v) is 7.29. The number of hydrogen-bond donors (Lipinski definition) is 3. The molecule has 13 nitrogen and oxygen atoms in total. The highest BCUT2D eigenvalue weighted by Gasteiger charge is 2.19. The number of ether oxygens (including phenoxy) is 1. The first kappa shape index (κ1) is 22.8. The zero-order valence-electron chi connectivity index (χ0n) is 17.7. The Morgan fingerprint density at radius 3 is 2.66 bits per heavy atom. The maximum atomic E-state index is 12.5. The fourth-order valence-electron chi connectivity index (χ4n) is 2.91. The molecule has 0 spiro atoms. The van der Waals surface area contributed by atoms with Crippen LogP contribution < -0.4 is 16.7 Å². The Hall–Kier alpha value is -3.84. The fraction of sp³-hybridized carbons (Fsp3) is 0.368. The van der Waals surface area contributed by atoms with E-state index in [1.165, 1.54) is 46.7 Å². The molecule has 2 heterocycles. The van der Waals surface area contributed by atoms with Crippen LogP contribution in [0.15, 0.2) is 39.0 Å². The highest BCUT2D eigenvalue weighted by Crippen LogP contribution is 2.17. The third-order valence-corrected chi connectivity index (χ3v) is 4.50. The molecule has 3 rings (SSSR count). The van der Waals surface area contributed by atoms with Crippen molar-refractivity contribution >= 4 is 29.0 Å². The lowest BCUT2D eigenvalue weighted by Crippen LogP contribution is -2.30. The van der Waals surface area contributed by atoms with E-state index in [2.05, 4.69) is 20.5 Å². The Bertz CT molecular complexity index is 1260. The molecule has 13 heteroatoms. The Morgan fingerprint density at radius 2 is 2.03 bits per heavy atom. The molecule has 3 N–H and O–H groups in total. The van der Waals surface area contributed by atoms with E-state index < -0.39 is 22.3 Å². The van der Waals surface area contributed by atoms with Gasteiger partial charge in [-0.25, -0.2) is 10.2 Å². The first-order chi connectivity index (χ1) is 15.2. The summed E-state index contributed by atoms with van der Waals surface area (Å²) in [6.45, 7) is 3.66. The summed E-state index contributed by atoms with van der Waals surface area (Å²) in [7, 11) is 1.46. The fourth-order valence-corrected chi connectivity index (χ4v) is 2.91. The lowest BCUT2D eigenvalue weighted by atomic mass is 10.2. The molecule has 0 fully saturated rings. The molecule has 0 unspecified atom stereocenters. The number of nitro benzene ring substituents is 1. The number of nitro groups is 1. The van der Waals surface area contributed by atoms with Crippen LogP contribution in [-0.2, 0) is 18.3 Å². The van der Waals surface area contributed by atoms with E-state index in [0.717, 1.165) is 0 Å². The summed E-state index contributed by atoms with van der Waals surface area (Å²) in [6.07, 6.45) is 0.373. The Labute approximate surface area is 181 Å². The number of aliphatic hydroxyl groups excluding tert-OH is 1. The van der Waals surface area contributed by atoms with Gasteiger partial charge in [-0.15, -0.1) is 0 Å². The van der Waals surface area contributed by atoms with Gasteiger partial charge in [-0.2, -0.15) is 10.1 Å². The highest BCUT2D eigenvalue weighted by atomic mass is 16.6. The van der Waals surface area contributed by atoms with Gasteiger partial charge in [-0.1, -0.05) is 0 Å². The number of hydrazone groups is 1. The zero-order valence-corrected chi connectivity index (χ0v) is 17.7. The predicted octanol–water partition coefficient (Wildman–Crippen LogP) is 0.563.